The zero-order chi connectivity index (χ0) is 8.55. The minimum atomic E-state index is -2.01. The van der Waals surface area contributed by atoms with Gasteiger partial charge in [0.25, 0.3) is 0 Å². The third-order valence-corrected chi connectivity index (χ3v) is 4.93. The predicted molar refractivity (Wildman–Crippen MR) is 53.4 cm³/mol. The second kappa shape index (κ2) is 2.79. The van der Waals surface area contributed by atoms with Crippen LogP contribution in [0.3, 0.4) is 0 Å². The van der Waals surface area contributed by atoms with Crippen LogP contribution in [0.5, 0.6) is 0 Å². The molecule has 60 valence electrons. The van der Waals surface area contributed by atoms with Crippen LogP contribution in [0, 0.1) is 13.9 Å². The van der Waals surface area contributed by atoms with E-state index in [1.807, 2.05) is 18.2 Å². The van der Waals surface area contributed by atoms with Crippen LogP contribution in [0.25, 0.3) is 0 Å². The average molecular weight is 272 g/mol. The Hall–Kier alpha value is -1.02. The first-order chi connectivity index (χ1) is 5.83. The maximum atomic E-state index is 11.2. The number of carbonyl (C=O) groups is 1. The standard InChI is InChI=1S/C9H5IO2/c1-2-10-8-6-4-3-5-7(8)9(11)12-10/h1,3-6H. The molecule has 1 heterocycles. The Labute approximate surface area is 77.9 Å². The summed E-state index contributed by atoms with van der Waals surface area (Å²) in [5, 5.41) is 0. The van der Waals surface area contributed by atoms with E-state index in [4.69, 9.17) is 9.49 Å². The molecule has 0 saturated carbocycles. The van der Waals surface area contributed by atoms with Gasteiger partial charge in [-0.05, 0) is 0 Å². The fraction of sp³-hybridized carbons (Fsp3) is 0. The van der Waals surface area contributed by atoms with Crippen LogP contribution in [0.15, 0.2) is 24.3 Å². The van der Waals surface area contributed by atoms with Gasteiger partial charge in [0.05, 0.1) is 0 Å². The SMILES string of the molecule is C#CI1OC(=O)c2ccccc21. The topological polar surface area (TPSA) is 26.3 Å². The number of benzene rings is 1. The first kappa shape index (κ1) is 7.62. The molecule has 1 aromatic rings. The number of fused-ring (bicyclic) bond motifs is 1. The molecule has 1 aromatic carbocycles. The summed E-state index contributed by atoms with van der Waals surface area (Å²) in [4.78, 5) is 11.2. The van der Waals surface area contributed by atoms with E-state index in [1.165, 1.54) is 0 Å². The molecule has 0 saturated heterocycles. The Morgan fingerprint density at radius 1 is 1.42 bits per heavy atom. The van der Waals surface area contributed by atoms with Crippen LogP contribution in [0.1, 0.15) is 10.4 Å². The van der Waals surface area contributed by atoms with E-state index in [2.05, 4.69) is 3.93 Å². The van der Waals surface area contributed by atoms with E-state index < -0.39 is 20.2 Å². The van der Waals surface area contributed by atoms with Gasteiger partial charge in [-0.15, -0.1) is 0 Å². The Balaban J connectivity index is 2.59. The Kier molecular flexibility index (Phi) is 1.77. The quantitative estimate of drug-likeness (QED) is 0.533. The van der Waals surface area contributed by atoms with Gasteiger partial charge in [-0.1, -0.05) is 0 Å². The molecule has 0 amide bonds. The molecule has 2 nitrogen and oxygen atoms in total. The second-order valence-corrected chi connectivity index (χ2v) is 5.85. The molecule has 0 aliphatic carbocycles. The number of terminal acetylenes is 1. The van der Waals surface area contributed by atoms with Gasteiger partial charge < -0.3 is 0 Å². The summed E-state index contributed by atoms with van der Waals surface area (Å²) in [6, 6.07) is 7.33. The van der Waals surface area contributed by atoms with Crippen LogP contribution in [0.2, 0.25) is 0 Å². The molecule has 0 unspecified atom stereocenters. The van der Waals surface area contributed by atoms with Gasteiger partial charge in [-0.25, -0.2) is 0 Å². The van der Waals surface area contributed by atoms with Crippen molar-refractivity contribution in [2.24, 2.45) is 0 Å². The third kappa shape index (κ3) is 0.994. The summed E-state index contributed by atoms with van der Waals surface area (Å²) in [6.45, 7) is 0. The summed E-state index contributed by atoms with van der Waals surface area (Å²) >= 11 is -2.01. The van der Waals surface area contributed by atoms with Crippen LogP contribution < -0.4 is 0 Å². The number of halogens is 1. The second-order valence-electron chi connectivity index (χ2n) is 2.20. The molecule has 0 fully saturated rings. The number of hydrogen-bond donors (Lipinski definition) is 0. The molecule has 1 aliphatic heterocycles. The number of rotatable bonds is 0. The van der Waals surface area contributed by atoms with Crippen LogP contribution in [0.4, 0.5) is 0 Å². The average Bonchev–Trinajstić information content (AvgIpc) is 2.44. The molecule has 3 heteroatoms. The normalized spacial score (nSPS) is 16.6. The molecule has 1 aliphatic rings. The zero-order valence-electron chi connectivity index (χ0n) is 6.08. The number of carbonyl (C=O) groups excluding carboxylic acids is 1. The monoisotopic (exact) mass is 272 g/mol. The Bertz CT molecular complexity index is 378. The van der Waals surface area contributed by atoms with Crippen LogP contribution in [-0.2, 0) is 3.07 Å². The van der Waals surface area contributed by atoms with Crippen molar-refractivity contribution >= 4 is 26.2 Å². The summed E-state index contributed by atoms with van der Waals surface area (Å²) < 4.78 is 8.58. The van der Waals surface area contributed by atoms with Gasteiger partial charge >= 0.3 is 77.8 Å². The summed E-state index contributed by atoms with van der Waals surface area (Å²) in [5.74, 6) is -0.256. The predicted octanol–water partition coefficient (Wildman–Crippen LogP) is 2.04. The fourth-order valence-electron chi connectivity index (χ4n) is 1.01. The summed E-state index contributed by atoms with van der Waals surface area (Å²) in [6.07, 6.45) is 5.25. The van der Waals surface area contributed by atoms with Gasteiger partial charge in [0.2, 0.25) is 0 Å². The fourth-order valence-corrected chi connectivity index (χ4v) is 3.81. The van der Waals surface area contributed by atoms with Crippen LogP contribution in [-0.4, -0.2) is 5.97 Å². The summed E-state index contributed by atoms with van der Waals surface area (Å²) in [7, 11) is 0. The van der Waals surface area contributed by atoms with E-state index >= 15 is 0 Å². The molecule has 0 bridgehead atoms. The van der Waals surface area contributed by atoms with Crippen molar-refractivity contribution in [3.63, 3.8) is 0 Å². The molecule has 0 radical (unpaired) electrons. The van der Waals surface area contributed by atoms with Crippen molar-refractivity contribution in [1.82, 2.24) is 0 Å². The van der Waals surface area contributed by atoms with Crippen molar-refractivity contribution in [3.8, 4) is 10.4 Å². The van der Waals surface area contributed by atoms with Crippen molar-refractivity contribution in [2.45, 2.75) is 0 Å². The molecular weight excluding hydrogens is 267 g/mol. The number of hydrogen-bond acceptors (Lipinski definition) is 2. The van der Waals surface area contributed by atoms with Gasteiger partial charge in [0.1, 0.15) is 0 Å². The van der Waals surface area contributed by atoms with E-state index in [-0.39, 0.29) is 5.97 Å². The Morgan fingerprint density at radius 3 is 2.92 bits per heavy atom. The first-order valence-corrected chi connectivity index (χ1v) is 6.34. The molecule has 2 rings (SSSR count). The van der Waals surface area contributed by atoms with Gasteiger partial charge in [-0.2, -0.15) is 0 Å². The zero-order valence-corrected chi connectivity index (χ0v) is 8.24. The van der Waals surface area contributed by atoms with E-state index in [9.17, 15) is 4.79 Å². The molecule has 12 heavy (non-hydrogen) atoms. The van der Waals surface area contributed by atoms with Crippen molar-refractivity contribution in [2.75, 3.05) is 0 Å². The molecule has 0 atom stereocenters. The maximum absolute atomic E-state index is 11.2. The summed E-state index contributed by atoms with van der Waals surface area (Å²) in [5.41, 5.74) is 0.653. The van der Waals surface area contributed by atoms with Gasteiger partial charge in [0, 0.05) is 0 Å². The molecule has 0 spiro atoms. The van der Waals surface area contributed by atoms with Crippen molar-refractivity contribution in [3.05, 3.63) is 33.4 Å². The van der Waals surface area contributed by atoms with E-state index in [1.54, 1.807) is 6.07 Å². The molecule has 0 aromatic heterocycles. The Morgan fingerprint density at radius 2 is 2.17 bits per heavy atom. The molecular formula is C9H5IO2. The van der Waals surface area contributed by atoms with Gasteiger partial charge in [0.15, 0.2) is 0 Å². The van der Waals surface area contributed by atoms with E-state index in [0.717, 1.165) is 3.57 Å². The van der Waals surface area contributed by atoms with Crippen LogP contribution >= 0.6 is 20.2 Å². The first-order valence-electron chi connectivity index (χ1n) is 3.31. The molecule has 0 N–H and O–H groups in total. The van der Waals surface area contributed by atoms with Gasteiger partial charge in [-0.3, -0.25) is 0 Å². The van der Waals surface area contributed by atoms with Crippen molar-refractivity contribution in [1.29, 1.82) is 0 Å². The third-order valence-electron chi connectivity index (χ3n) is 1.53. The van der Waals surface area contributed by atoms with Crippen molar-refractivity contribution < 1.29 is 7.86 Å². The van der Waals surface area contributed by atoms with E-state index in [0.29, 0.717) is 5.56 Å². The minimum absolute atomic E-state index is 0.256.